The highest BCUT2D eigenvalue weighted by Gasteiger charge is 2.51. The number of hydrogen-bond acceptors (Lipinski definition) is 8. The van der Waals surface area contributed by atoms with Crippen LogP contribution in [0.4, 0.5) is 13.2 Å². The molecule has 2 fully saturated rings. The van der Waals surface area contributed by atoms with E-state index in [1.54, 1.807) is 10.9 Å². The molecule has 1 amide bonds. The Bertz CT molecular complexity index is 1720. The predicted molar refractivity (Wildman–Crippen MR) is 184 cm³/mol. The van der Waals surface area contributed by atoms with E-state index < -0.39 is 17.5 Å². The van der Waals surface area contributed by atoms with Crippen LogP contribution in [0.15, 0.2) is 54.9 Å². The molecular weight excluding hydrogens is 647 g/mol. The van der Waals surface area contributed by atoms with Gasteiger partial charge in [0.1, 0.15) is 23.6 Å². The van der Waals surface area contributed by atoms with Gasteiger partial charge in [-0.3, -0.25) is 14.8 Å². The number of nitrogens with zero attached hydrogens (tertiary/aromatic N) is 6. The zero-order valence-corrected chi connectivity index (χ0v) is 28.9. The SMILES string of the molecule is Cc1cc(-c2ccc(OCCN3CCC(CN4CCNCC4)CC3)cc2)ccc1-n1cc(C(=O)NCc2nc(C(C)(C)C(F)(F)F)n[nH]2)cn1. The third-order valence-corrected chi connectivity index (χ3v) is 9.80. The van der Waals surface area contributed by atoms with Crippen LogP contribution in [0.25, 0.3) is 16.8 Å². The summed E-state index contributed by atoms with van der Waals surface area (Å²) in [6, 6.07) is 14.2. The molecule has 0 saturated carbocycles. The van der Waals surface area contributed by atoms with Gasteiger partial charge in [0.15, 0.2) is 5.82 Å². The van der Waals surface area contributed by atoms with E-state index in [2.05, 4.69) is 58.9 Å². The number of piperidine rings is 1. The summed E-state index contributed by atoms with van der Waals surface area (Å²) < 4.78 is 47.7. The van der Waals surface area contributed by atoms with E-state index in [9.17, 15) is 18.0 Å². The summed E-state index contributed by atoms with van der Waals surface area (Å²) >= 11 is 0. The van der Waals surface area contributed by atoms with Gasteiger partial charge in [-0.1, -0.05) is 18.2 Å². The Morgan fingerprint density at radius 2 is 1.72 bits per heavy atom. The second-order valence-corrected chi connectivity index (χ2v) is 13.8. The fraction of sp³-hybridized carbons (Fsp3) is 0.500. The zero-order chi connectivity index (χ0) is 35.3. The molecule has 0 radical (unpaired) electrons. The third kappa shape index (κ3) is 8.53. The van der Waals surface area contributed by atoms with Crippen LogP contribution < -0.4 is 15.4 Å². The van der Waals surface area contributed by atoms with Gasteiger partial charge in [-0.2, -0.15) is 23.4 Å². The van der Waals surface area contributed by atoms with Gasteiger partial charge in [0, 0.05) is 45.5 Å². The van der Waals surface area contributed by atoms with Crippen molar-refractivity contribution in [3.05, 3.63) is 77.6 Å². The van der Waals surface area contributed by atoms with Gasteiger partial charge < -0.3 is 20.3 Å². The molecule has 4 heterocycles. The summed E-state index contributed by atoms with van der Waals surface area (Å²) in [5.41, 5.74) is 1.97. The number of piperazine rings is 1. The number of halogens is 3. The number of carbonyl (C=O) groups excluding carboxylic acids is 1. The Kier molecular flexibility index (Phi) is 10.9. The first kappa shape index (κ1) is 35.6. The Balaban J connectivity index is 0.962. The number of carbonyl (C=O) groups is 1. The number of alkyl halides is 3. The maximum atomic E-state index is 13.3. The molecule has 3 N–H and O–H groups in total. The van der Waals surface area contributed by atoms with E-state index >= 15 is 0 Å². The highest BCUT2D eigenvalue weighted by atomic mass is 19.4. The number of likely N-dealkylation sites (tertiary alicyclic amines) is 1. The van der Waals surface area contributed by atoms with Crippen molar-refractivity contribution < 1.29 is 22.7 Å². The average molecular weight is 694 g/mol. The predicted octanol–water partition coefficient (Wildman–Crippen LogP) is 4.73. The van der Waals surface area contributed by atoms with Gasteiger partial charge in [0.2, 0.25) is 0 Å². The minimum atomic E-state index is -4.51. The van der Waals surface area contributed by atoms with Crippen molar-refractivity contribution in [1.29, 1.82) is 0 Å². The number of aryl methyl sites for hydroxylation is 1. The highest BCUT2D eigenvalue weighted by molar-refractivity contribution is 5.93. The summed E-state index contributed by atoms with van der Waals surface area (Å²) in [6.45, 7) is 13.6. The zero-order valence-electron chi connectivity index (χ0n) is 28.9. The fourth-order valence-corrected chi connectivity index (χ4v) is 6.40. The van der Waals surface area contributed by atoms with Crippen molar-refractivity contribution in [2.24, 2.45) is 5.92 Å². The van der Waals surface area contributed by atoms with Crippen molar-refractivity contribution in [2.45, 2.75) is 51.7 Å². The number of hydrogen-bond donors (Lipinski definition) is 3. The van der Waals surface area contributed by atoms with Crippen molar-refractivity contribution in [3.8, 4) is 22.6 Å². The minimum absolute atomic E-state index is 0.112. The molecule has 6 rings (SSSR count). The first-order chi connectivity index (χ1) is 24.0. The standard InChI is InChI=1S/C36H46F3N9O2/c1-25-20-28(27-4-7-30(8-5-27)50-19-18-46-14-10-26(11-15-46)23-47-16-12-40-13-17-47)6-9-31(25)48-24-29(21-42-48)33(49)41-22-32-43-34(45-44-32)35(2,3)36(37,38)39/h4-9,20-21,24,26,40H,10-19,22-23H2,1-3H3,(H,41,49)(H,43,44,45). The third-order valence-electron chi connectivity index (χ3n) is 9.80. The largest absolute Gasteiger partial charge is 0.492 e. The lowest BCUT2D eigenvalue weighted by atomic mass is 9.92. The fourth-order valence-electron chi connectivity index (χ4n) is 6.40. The molecule has 4 aromatic rings. The first-order valence-corrected chi connectivity index (χ1v) is 17.3. The minimum Gasteiger partial charge on any atom is -0.492 e. The molecule has 0 spiro atoms. The van der Waals surface area contributed by atoms with E-state index in [-0.39, 0.29) is 18.2 Å². The smallest absolute Gasteiger partial charge is 0.401 e. The lowest BCUT2D eigenvalue weighted by Crippen LogP contribution is -2.47. The van der Waals surface area contributed by atoms with E-state index in [0.717, 1.165) is 80.6 Å². The van der Waals surface area contributed by atoms with Crippen LogP contribution in [0.2, 0.25) is 0 Å². The number of ether oxygens (including phenoxy) is 1. The molecule has 2 aromatic heterocycles. The van der Waals surface area contributed by atoms with Crippen molar-refractivity contribution in [1.82, 2.24) is 45.4 Å². The van der Waals surface area contributed by atoms with Gasteiger partial charge in [0.05, 0.1) is 24.0 Å². The van der Waals surface area contributed by atoms with E-state index in [4.69, 9.17) is 4.74 Å². The number of rotatable bonds is 12. The normalized spacial score (nSPS) is 16.8. The monoisotopic (exact) mass is 693 g/mol. The number of H-pyrrole nitrogens is 1. The molecule has 0 aliphatic carbocycles. The molecule has 0 bridgehead atoms. The van der Waals surface area contributed by atoms with E-state index in [1.165, 1.54) is 38.7 Å². The Morgan fingerprint density at radius 3 is 2.42 bits per heavy atom. The summed E-state index contributed by atoms with van der Waals surface area (Å²) in [7, 11) is 0. The van der Waals surface area contributed by atoms with Crippen molar-refractivity contribution in [3.63, 3.8) is 0 Å². The number of aromatic nitrogens is 5. The number of benzene rings is 2. The van der Waals surface area contributed by atoms with Crippen LogP contribution in [0.1, 0.15) is 54.3 Å². The number of amides is 1. The summed E-state index contributed by atoms with van der Waals surface area (Å²) in [5.74, 6) is 0.957. The molecule has 2 aromatic carbocycles. The average Bonchev–Trinajstić information content (AvgIpc) is 3.80. The summed E-state index contributed by atoms with van der Waals surface area (Å²) in [5, 5.41) is 16.6. The van der Waals surface area contributed by atoms with Gasteiger partial charge in [-0.05, 0) is 93.6 Å². The lowest BCUT2D eigenvalue weighted by Gasteiger charge is -2.36. The maximum absolute atomic E-state index is 13.3. The maximum Gasteiger partial charge on any atom is 0.401 e. The van der Waals surface area contributed by atoms with Gasteiger partial charge in [-0.25, -0.2) is 9.67 Å². The first-order valence-electron chi connectivity index (χ1n) is 17.3. The van der Waals surface area contributed by atoms with Gasteiger partial charge >= 0.3 is 6.18 Å². The molecule has 0 atom stereocenters. The van der Waals surface area contributed by atoms with Gasteiger partial charge in [0.25, 0.3) is 5.91 Å². The topological polar surface area (TPSA) is 116 Å². The molecule has 50 heavy (non-hydrogen) atoms. The molecule has 2 aliphatic heterocycles. The molecular formula is C36H46F3N9O2. The van der Waals surface area contributed by atoms with Crippen LogP contribution in [-0.2, 0) is 12.0 Å². The van der Waals surface area contributed by atoms with Crippen LogP contribution in [0, 0.1) is 12.8 Å². The lowest BCUT2D eigenvalue weighted by molar-refractivity contribution is -0.182. The molecule has 2 saturated heterocycles. The Morgan fingerprint density at radius 1 is 1.00 bits per heavy atom. The van der Waals surface area contributed by atoms with Crippen LogP contribution in [-0.4, -0.2) is 106 Å². The quantitative estimate of drug-likeness (QED) is 0.195. The number of nitrogens with one attached hydrogen (secondary N) is 3. The Hall–Kier alpha value is -4.27. The molecule has 0 unspecified atom stereocenters. The van der Waals surface area contributed by atoms with Crippen LogP contribution >= 0.6 is 0 Å². The molecule has 2 aliphatic rings. The van der Waals surface area contributed by atoms with Crippen molar-refractivity contribution >= 4 is 5.91 Å². The molecule has 268 valence electrons. The van der Waals surface area contributed by atoms with Crippen LogP contribution in [0.3, 0.4) is 0 Å². The molecule has 11 nitrogen and oxygen atoms in total. The molecule has 14 heteroatoms. The summed E-state index contributed by atoms with van der Waals surface area (Å²) in [4.78, 5) is 21.8. The van der Waals surface area contributed by atoms with Crippen molar-refractivity contribution in [2.75, 3.05) is 59.0 Å². The van der Waals surface area contributed by atoms with Crippen LogP contribution in [0.5, 0.6) is 5.75 Å². The van der Waals surface area contributed by atoms with E-state index in [0.29, 0.717) is 12.2 Å². The summed E-state index contributed by atoms with van der Waals surface area (Å²) in [6.07, 6.45) is 1.06. The van der Waals surface area contributed by atoms with E-state index in [1.807, 2.05) is 31.2 Å². The Labute approximate surface area is 290 Å². The second-order valence-electron chi connectivity index (χ2n) is 13.8. The number of aromatic amines is 1. The highest BCUT2D eigenvalue weighted by Crippen LogP contribution is 2.38. The van der Waals surface area contributed by atoms with Gasteiger partial charge in [-0.15, -0.1) is 0 Å². The second kappa shape index (κ2) is 15.3.